The molecule has 72 valence electrons. The van der Waals surface area contributed by atoms with Crippen LogP contribution >= 0.6 is 27.3 Å². The molecule has 1 heterocycles. The second kappa shape index (κ2) is 3.71. The third-order valence-electron chi connectivity index (χ3n) is 2.89. The first-order valence-corrected chi connectivity index (χ1v) is 6.41. The zero-order valence-corrected chi connectivity index (χ0v) is 9.96. The molecule has 0 saturated heterocycles. The van der Waals surface area contributed by atoms with E-state index in [1.54, 1.807) is 11.3 Å². The van der Waals surface area contributed by atoms with E-state index in [0.717, 1.165) is 12.8 Å². The molecule has 0 radical (unpaired) electrons. The lowest BCUT2D eigenvalue weighted by Crippen LogP contribution is -2.38. The highest BCUT2D eigenvalue weighted by atomic mass is 79.9. The summed E-state index contributed by atoms with van der Waals surface area (Å²) in [6, 6.07) is 2.18. The van der Waals surface area contributed by atoms with Gasteiger partial charge < -0.3 is 5.73 Å². The van der Waals surface area contributed by atoms with Gasteiger partial charge in [0.2, 0.25) is 0 Å². The van der Waals surface area contributed by atoms with E-state index < -0.39 is 0 Å². The molecule has 0 aliphatic heterocycles. The summed E-state index contributed by atoms with van der Waals surface area (Å²) in [6.45, 7) is 0. The molecule has 3 heteroatoms. The average molecular weight is 260 g/mol. The van der Waals surface area contributed by atoms with Crippen LogP contribution < -0.4 is 5.73 Å². The minimum atomic E-state index is -0.0270. The molecule has 1 nitrogen and oxygen atoms in total. The monoisotopic (exact) mass is 259 g/mol. The van der Waals surface area contributed by atoms with Crippen molar-refractivity contribution < 1.29 is 0 Å². The van der Waals surface area contributed by atoms with E-state index in [9.17, 15) is 0 Å². The summed E-state index contributed by atoms with van der Waals surface area (Å²) in [6.07, 6.45) is 6.21. The van der Waals surface area contributed by atoms with Gasteiger partial charge in [-0.2, -0.15) is 0 Å². The van der Waals surface area contributed by atoms with Gasteiger partial charge in [0.1, 0.15) is 0 Å². The van der Waals surface area contributed by atoms with E-state index in [2.05, 4.69) is 27.4 Å². The number of halogens is 1. The number of hydrogen-bond donors (Lipinski definition) is 1. The zero-order chi connectivity index (χ0) is 9.31. The molecular weight excluding hydrogens is 246 g/mol. The van der Waals surface area contributed by atoms with Crippen LogP contribution in [0.15, 0.2) is 15.2 Å². The Kier molecular flexibility index (Phi) is 2.77. The van der Waals surface area contributed by atoms with Crippen molar-refractivity contribution in [2.75, 3.05) is 0 Å². The van der Waals surface area contributed by atoms with Crippen LogP contribution in [0.1, 0.15) is 37.7 Å². The number of thiophene rings is 1. The minimum absolute atomic E-state index is 0.0270. The third-order valence-corrected chi connectivity index (χ3v) is 4.39. The first-order chi connectivity index (χ1) is 6.21. The molecule has 0 unspecified atom stereocenters. The van der Waals surface area contributed by atoms with Crippen molar-refractivity contribution in [1.29, 1.82) is 0 Å². The van der Waals surface area contributed by atoms with Crippen molar-refractivity contribution in [3.8, 4) is 0 Å². The Labute approximate surface area is 91.5 Å². The highest BCUT2D eigenvalue weighted by molar-refractivity contribution is 9.11. The highest BCUT2D eigenvalue weighted by Crippen LogP contribution is 2.37. The molecule has 13 heavy (non-hydrogen) atoms. The largest absolute Gasteiger partial charge is 0.321 e. The molecule has 2 rings (SSSR count). The van der Waals surface area contributed by atoms with Gasteiger partial charge in [0.15, 0.2) is 0 Å². The zero-order valence-electron chi connectivity index (χ0n) is 7.55. The molecule has 0 bridgehead atoms. The number of nitrogens with two attached hydrogens (primary N) is 1. The molecule has 0 atom stereocenters. The SMILES string of the molecule is NC1(c2csc(Br)c2)CCCCC1. The normalized spacial score (nSPS) is 21.7. The summed E-state index contributed by atoms with van der Waals surface area (Å²) in [7, 11) is 0. The molecule has 1 fully saturated rings. The maximum atomic E-state index is 6.38. The van der Waals surface area contributed by atoms with Gasteiger partial charge in [-0.05, 0) is 45.8 Å². The fourth-order valence-corrected chi connectivity index (χ4v) is 3.31. The van der Waals surface area contributed by atoms with E-state index in [-0.39, 0.29) is 5.54 Å². The summed E-state index contributed by atoms with van der Waals surface area (Å²) >= 11 is 5.22. The van der Waals surface area contributed by atoms with E-state index in [1.165, 1.54) is 28.6 Å². The quantitative estimate of drug-likeness (QED) is 0.819. The van der Waals surface area contributed by atoms with Crippen LogP contribution in [0.25, 0.3) is 0 Å². The molecule has 0 spiro atoms. The van der Waals surface area contributed by atoms with Crippen molar-refractivity contribution >= 4 is 27.3 Å². The molecular formula is C10H14BrNS. The maximum Gasteiger partial charge on any atom is 0.0701 e. The van der Waals surface area contributed by atoms with Gasteiger partial charge in [-0.1, -0.05) is 19.3 Å². The number of hydrogen-bond acceptors (Lipinski definition) is 2. The fraction of sp³-hybridized carbons (Fsp3) is 0.600. The van der Waals surface area contributed by atoms with Crippen LogP contribution in [0.4, 0.5) is 0 Å². The van der Waals surface area contributed by atoms with Gasteiger partial charge in [0, 0.05) is 5.54 Å². The van der Waals surface area contributed by atoms with Gasteiger partial charge in [-0.3, -0.25) is 0 Å². The smallest absolute Gasteiger partial charge is 0.0701 e. The molecule has 1 saturated carbocycles. The lowest BCUT2D eigenvalue weighted by molar-refractivity contribution is 0.303. The van der Waals surface area contributed by atoms with E-state index in [0.29, 0.717) is 0 Å². The van der Waals surface area contributed by atoms with E-state index >= 15 is 0 Å². The van der Waals surface area contributed by atoms with Crippen LogP contribution in [0.2, 0.25) is 0 Å². The Morgan fingerprint density at radius 3 is 2.54 bits per heavy atom. The maximum absolute atomic E-state index is 6.38. The number of rotatable bonds is 1. The Hall–Kier alpha value is 0.140. The molecule has 1 aromatic heterocycles. The summed E-state index contributed by atoms with van der Waals surface area (Å²) in [5.41, 5.74) is 7.68. The molecule has 1 aromatic rings. The Morgan fingerprint density at radius 1 is 1.31 bits per heavy atom. The predicted molar refractivity (Wildman–Crippen MR) is 61.0 cm³/mol. The van der Waals surface area contributed by atoms with Crippen molar-refractivity contribution in [1.82, 2.24) is 0 Å². The lowest BCUT2D eigenvalue weighted by Gasteiger charge is -2.32. The van der Waals surface area contributed by atoms with E-state index in [1.807, 2.05) is 0 Å². The Morgan fingerprint density at radius 2 is 2.00 bits per heavy atom. The third kappa shape index (κ3) is 1.97. The van der Waals surface area contributed by atoms with Crippen molar-refractivity contribution in [2.45, 2.75) is 37.6 Å². The average Bonchev–Trinajstić information content (AvgIpc) is 2.54. The van der Waals surface area contributed by atoms with Crippen molar-refractivity contribution in [3.05, 3.63) is 20.8 Å². The topological polar surface area (TPSA) is 26.0 Å². The molecule has 1 aliphatic rings. The first-order valence-electron chi connectivity index (χ1n) is 4.74. The van der Waals surface area contributed by atoms with Crippen LogP contribution in [-0.4, -0.2) is 0 Å². The summed E-state index contributed by atoms with van der Waals surface area (Å²) in [5, 5.41) is 2.19. The first kappa shape index (κ1) is 9.69. The van der Waals surface area contributed by atoms with Crippen LogP contribution in [0.3, 0.4) is 0 Å². The summed E-state index contributed by atoms with van der Waals surface area (Å²) < 4.78 is 1.19. The molecule has 1 aliphatic carbocycles. The predicted octanol–water partition coefficient (Wildman–Crippen LogP) is 3.63. The second-order valence-electron chi connectivity index (χ2n) is 3.86. The van der Waals surface area contributed by atoms with Crippen LogP contribution in [0, 0.1) is 0 Å². The molecule has 0 aromatic carbocycles. The van der Waals surface area contributed by atoms with Gasteiger partial charge in [-0.15, -0.1) is 11.3 Å². The van der Waals surface area contributed by atoms with Gasteiger partial charge in [0.25, 0.3) is 0 Å². The van der Waals surface area contributed by atoms with Gasteiger partial charge in [0.05, 0.1) is 3.79 Å². The second-order valence-corrected chi connectivity index (χ2v) is 6.15. The highest BCUT2D eigenvalue weighted by Gasteiger charge is 2.29. The van der Waals surface area contributed by atoms with Crippen LogP contribution in [0.5, 0.6) is 0 Å². The Bertz CT molecular complexity index is 289. The minimum Gasteiger partial charge on any atom is -0.321 e. The molecule has 0 amide bonds. The summed E-state index contributed by atoms with van der Waals surface area (Å²) in [5.74, 6) is 0. The van der Waals surface area contributed by atoms with E-state index in [4.69, 9.17) is 5.73 Å². The molecule has 2 N–H and O–H groups in total. The lowest BCUT2D eigenvalue weighted by atomic mass is 9.79. The van der Waals surface area contributed by atoms with Crippen LogP contribution in [-0.2, 0) is 5.54 Å². The van der Waals surface area contributed by atoms with Crippen molar-refractivity contribution in [2.24, 2.45) is 5.73 Å². The summed E-state index contributed by atoms with van der Waals surface area (Å²) in [4.78, 5) is 0. The Balaban J connectivity index is 2.22. The van der Waals surface area contributed by atoms with Gasteiger partial charge >= 0.3 is 0 Å². The van der Waals surface area contributed by atoms with Crippen molar-refractivity contribution in [3.63, 3.8) is 0 Å². The fourth-order valence-electron chi connectivity index (χ4n) is 2.04. The van der Waals surface area contributed by atoms with Gasteiger partial charge in [-0.25, -0.2) is 0 Å². The standard InChI is InChI=1S/C10H14BrNS/c11-9-6-8(7-13-9)10(12)4-2-1-3-5-10/h6-7H,1-5,12H2.